The molecule has 1 unspecified atom stereocenters. The van der Waals surface area contributed by atoms with Crippen LogP contribution in [0.4, 0.5) is 5.69 Å². The minimum atomic E-state index is 0.540. The molecule has 2 aliphatic rings. The SMILES string of the molecule is CC(C)NC1CCCN(c2ccc3c(c2)OCCCO3)C1. The van der Waals surface area contributed by atoms with Crippen LogP contribution in [0, 0.1) is 0 Å². The lowest BCUT2D eigenvalue weighted by molar-refractivity contribution is 0.297. The number of fused-ring (bicyclic) bond motifs is 1. The van der Waals surface area contributed by atoms with Gasteiger partial charge in [0.05, 0.1) is 13.2 Å². The Morgan fingerprint density at radius 1 is 1.14 bits per heavy atom. The highest BCUT2D eigenvalue weighted by Gasteiger charge is 2.21. The summed E-state index contributed by atoms with van der Waals surface area (Å²) in [4.78, 5) is 2.46. The zero-order valence-electron chi connectivity index (χ0n) is 13.1. The van der Waals surface area contributed by atoms with Gasteiger partial charge in [-0.3, -0.25) is 0 Å². The van der Waals surface area contributed by atoms with Gasteiger partial charge >= 0.3 is 0 Å². The Labute approximate surface area is 127 Å². The van der Waals surface area contributed by atoms with Crippen molar-refractivity contribution in [3.8, 4) is 11.5 Å². The van der Waals surface area contributed by atoms with E-state index in [4.69, 9.17) is 9.47 Å². The summed E-state index contributed by atoms with van der Waals surface area (Å²) in [7, 11) is 0. The average Bonchev–Trinajstić information content (AvgIpc) is 2.71. The summed E-state index contributed by atoms with van der Waals surface area (Å²) < 4.78 is 11.5. The van der Waals surface area contributed by atoms with E-state index in [2.05, 4.69) is 42.3 Å². The van der Waals surface area contributed by atoms with Crippen LogP contribution in [0.15, 0.2) is 18.2 Å². The fourth-order valence-electron chi connectivity index (χ4n) is 3.17. The second-order valence-corrected chi connectivity index (χ2v) is 6.29. The van der Waals surface area contributed by atoms with E-state index >= 15 is 0 Å². The molecular weight excluding hydrogens is 264 g/mol. The van der Waals surface area contributed by atoms with E-state index in [0.29, 0.717) is 12.1 Å². The van der Waals surface area contributed by atoms with Crippen LogP contribution in [0.25, 0.3) is 0 Å². The van der Waals surface area contributed by atoms with Crippen molar-refractivity contribution < 1.29 is 9.47 Å². The molecule has 0 amide bonds. The number of hydrogen-bond donors (Lipinski definition) is 1. The highest BCUT2D eigenvalue weighted by Crippen LogP contribution is 2.34. The Balaban J connectivity index is 1.72. The van der Waals surface area contributed by atoms with E-state index in [9.17, 15) is 0 Å². The van der Waals surface area contributed by atoms with Crippen molar-refractivity contribution in [2.45, 2.75) is 45.2 Å². The third kappa shape index (κ3) is 3.62. The van der Waals surface area contributed by atoms with Crippen LogP contribution in [-0.4, -0.2) is 38.4 Å². The van der Waals surface area contributed by atoms with Gasteiger partial charge < -0.3 is 19.7 Å². The molecule has 1 N–H and O–H groups in total. The Bertz CT molecular complexity index is 476. The van der Waals surface area contributed by atoms with E-state index in [0.717, 1.165) is 44.2 Å². The standard InChI is InChI=1S/C17H26N2O2/c1-13(2)18-14-5-3-8-19(12-14)15-6-7-16-17(11-15)21-10-4-9-20-16/h6-7,11,13-14,18H,3-5,8-10,12H2,1-2H3. The third-order valence-corrected chi connectivity index (χ3v) is 4.09. The summed E-state index contributed by atoms with van der Waals surface area (Å²) >= 11 is 0. The summed E-state index contributed by atoms with van der Waals surface area (Å²) in [6.07, 6.45) is 3.45. The third-order valence-electron chi connectivity index (χ3n) is 4.09. The van der Waals surface area contributed by atoms with Crippen molar-refractivity contribution in [3.63, 3.8) is 0 Å². The maximum Gasteiger partial charge on any atom is 0.163 e. The molecule has 1 aromatic carbocycles. The quantitative estimate of drug-likeness (QED) is 0.928. The molecule has 0 spiro atoms. The predicted octanol–water partition coefficient (Wildman–Crippen LogP) is 2.81. The fraction of sp³-hybridized carbons (Fsp3) is 0.647. The molecule has 2 heterocycles. The number of ether oxygens (including phenoxy) is 2. The Morgan fingerprint density at radius 3 is 2.76 bits per heavy atom. The molecule has 0 bridgehead atoms. The van der Waals surface area contributed by atoms with Crippen LogP contribution in [0.3, 0.4) is 0 Å². The van der Waals surface area contributed by atoms with E-state index in [1.165, 1.54) is 18.5 Å². The Morgan fingerprint density at radius 2 is 1.95 bits per heavy atom. The molecular formula is C17H26N2O2. The molecule has 0 aliphatic carbocycles. The first-order chi connectivity index (χ1) is 10.2. The summed E-state index contributed by atoms with van der Waals surface area (Å²) in [5, 5.41) is 3.66. The van der Waals surface area contributed by atoms with Crippen LogP contribution in [0.2, 0.25) is 0 Å². The lowest BCUT2D eigenvalue weighted by atomic mass is 10.0. The second-order valence-electron chi connectivity index (χ2n) is 6.29. The van der Waals surface area contributed by atoms with Gasteiger partial charge in [0.25, 0.3) is 0 Å². The smallest absolute Gasteiger partial charge is 0.163 e. The number of piperidine rings is 1. The second kappa shape index (κ2) is 6.56. The number of nitrogens with one attached hydrogen (secondary N) is 1. The van der Waals surface area contributed by atoms with Gasteiger partial charge in [0.2, 0.25) is 0 Å². The molecule has 0 saturated carbocycles. The molecule has 4 heteroatoms. The van der Waals surface area contributed by atoms with Crippen LogP contribution in [0.1, 0.15) is 33.1 Å². The zero-order valence-corrected chi connectivity index (χ0v) is 13.1. The highest BCUT2D eigenvalue weighted by atomic mass is 16.5. The first kappa shape index (κ1) is 14.5. The minimum absolute atomic E-state index is 0.540. The van der Waals surface area contributed by atoms with Gasteiger partial charge in [0.1, 0.15) is 0 Å². The number of anilines is 1. The van der Waals surface area contributed by atoms with Gasteiger partial charge in [-0.15, -0.1) is 0 Å². The molecule has 2 aliphatic heterocycles. The van der Waals surface area contributed by atoms with Gasteiger partial charge in [-0.05, 0) is 25.0 Å². The molecule has 116 valence electrons. The van der Waals surface area contributed by atoms with Crippen molar-refractivity contribution in [3.05, 3.63) is 18.2 Å². The molecule has 1 aromatic rings. The van der Waals surface area contributed by atoms with E-state index in [-0.39, 0.29) is 0 Å². The molecule has 0 aromatic heterocycles. The van der Waals surface area contributed by atoms with Gasteiger partial charge in [0, 0.05) is 43.3 Å². The predicted molar refractivity (Wildman–Crippen MR) is 85.6 cm³/mol. The molecule has 3 rings (SSSR count). The van der Waals surface area contributed by atoms with Crippen LogP contribution in [0.5, 0.6) is 11.5 Å². The Kier molecular flexibility index (Phi) is 4.54. The minimum Gasteiger partial charge on any atom is -0.490 e. The van der Waals surface area contributed by atoms with E-state index in [1.807, 2.05) is 0 Å². The topological polar surface area (TPSA) is 33.7 Å². The molecule has 4 nitrogen and oxygen atoms in total. The van der Waals surface area contributed by atoms with Crippen molar-refractivity contribution in [1.29, 1.82) is 0 Å². The normalized spacial score (nSPS) is 22.2. The maximum atomic E-state index is 5.80. The van der Waals surface area contributed by atoms with Gasteiger partial charge in [-0.25, -0.2) is 0 Å². The first-order valence-corrected chi connectivity index (χ1v) is 8.13. The molecule has 21 heavy (non-hydrogen) atoms. The number of nitrogens with zero attached hydrogens (tertiary/aromatic N) is 1. The van der Waals surface area contributed by atoms with Crippen molar-refractivity contribution in [2.75, 3.05) is 31.2 Å². The summed E-state index contributed by atoms with van der Waals surface area (Å²) in [6, 6.07) is 7.47. The van der Waals surface area contributed by atoms with Gasteiger partial charge in [-0.2, -0.15) is 0 Å². The lowest BCUT2D eigenvalue weighted by Gasteiger charge is -2.36. The number of rotatable bonds is 3. The van der Waals surface area contributed by atoms with Crippen molar-refractivity contribution in [2.24, 2.45) is 0 Å². The number of hydrogen-bond acceptors (Lipinski definition) is 4. The largest absolute Gasteiger partial charge is 0.490 e. The lowest BCUT2D eigenvalue weighted by Crippen LogP contribution is -2.47. The van der Waals surface area contributed by atoms with Gasteiger partial charge in [0.15, 0.2) is 11.5 Å². The summed E-state index contributed by atoms with van der Waals surface area (Å²) in [6.45, 7) is 8.11. The fourth-order valence-corrected chi connectivity index (χ4v) is 3.17. The van der Waals surface area contributed by atoms with Crippen molar-refractivity contribution in [1.82, 2.24) is 5.32 Å². The van der Waals surface area contributed by atoms with Crippen LogP contribution >= 0.6 is 0 Å². The Hall–Kier alpha value is -1.42. The zero-order chi connectivity index (χ0) is 14.7. The van der Waals surface area contributed by atoms with Crippen molar-refractivity contribution >= 4 is 5.69 Å². The maximum absolute atomic E-state index is 5.80. The molecule has 1 atom stereocenters. The highest BCUT2D eigenvalue weighted by molar-refractivity contribution is 5.57. The van der Waals surface area contributed by atoms with E-state index in [1.54, 1.807) is 0 Å². The molecule has 1 saturated heterocycles. The molecule has 0 radical (unpaired) electrons. The van der Waals surface area contributed by atoms with Gasteiger partial charge in [-0.1, -0.05) is 13.8 Å². The van der Waals surface area contributed by atoms with E-state index < -0.39 is 0 Å². The number of benzene rings is 1. The first-order valence-electron chi connectivity index (χ1n) is 8.13. The van der Waals surface area contributed by atoms with Crippen LogP contribution in [-0.2, 0) is 0 Å². The van der Waals surface area contributed by atoms with Crippen LogP contribution < -0.4 is 19.7 Å². The summed E-state index contributed by atoms with van der Waals surface area (Å²) in [5.41, 5.74) is 1.24. The average molecular weight is 290 g/mol. The summed E-state index contributed by atoms with van der Waals surface area (Å²) in [5.74, 6) is 1.77. The monoisotopic (exact) mass is 290 g/mol. The molecule has 1 fully saturated rings.